The fraction of sp³-hybridized carbons (Fsp3) is 0.352. The van der Waals surface area contributed by atoms with Crippen LogP contribution < -0.4 is 4.90 Å². The van der Waals surface area contributed by atoms with Crippen LogP contribution in [0.25, 0.3) is 5.57 Å². The number of aliphatic hydroxyl groups is 2. The predicted octanol–water partition coefficient (Wildman–Crippen LogP) is 18.0. The van der Waals surface area contributed by atoms with Crippen molar-refractivity contribution in [1.29, 1.82) is 0 Å². The summed E-state index contributed by atoms with van der Waals surface area (Å²) in [5.41, 5.74) is 14.0. The van der Waals surface area contributed by atoms with Gasteiger partial charge < -0.3 is 49.3 Å². The van der Waals surface area contributed by atoms with E-state index in [9.17, 15) is 24.9 Å². The number of aliphatic carboxylic acids is 1. The second-order valence-corrected chi connectivity index (χ2v) is 29.7. The van der Waals surface area contributed by atoms with E-state index < -0.39 is 23.1 Å². The Labute approximate surface area is 620 Å². The highest BCUT2D eigenvalue weighted by atomic mass is 35.5. The number of likely N-dealkylation sites (N-methyl/N-ethyl adjacent to an activating group) is 2. The molecule has 103 heavy (non-hydrogen) atoms. The van der Waals surface area contributed by atoms with Crippen LogP contribution in [0.3, 0.4) is 0 Å². The van der Waals surface area contributed by atoms with Crippen LogP contribution in [0.15, 0.2) is 246 Å². The number of carboxylic acid groups (broad SMARTS) is 1. The number of carbonyl (C=O) groups is 2. The molecule has 2 unspecified atom stereocenters. The number of rotatable bonds is 20. The molecule has 0 radical (unpaired) electrons. The number of nitrogens with zero attached hydrogens (tertiary/aromatic N) is 6. The van der Waals surface area contributed by atoms with Gasteiger partial charge in [-0.15, -0.1) is 0 Å². The van der Waals surface area contributed by atoms with Crippen molar-refractivity contribution in [2.45, 2.75) is 118 Å². The number of ether oxygens (including phenoxy) is 2. The molecule has 1 aromatic heterocycles. The normalized spacial score (nSPS) is 15.2. The topological polar surface area (TPSA) is 142 Å². The maximum absolute atomic E-state index is 12.1. The van der Waals surface area contributed by atoms with E-state index in [2.05, 4.69) is 170 Å². The molecule has 1 amide bonds. The average Bonchev–Trinajstić information content (AvgIpc) is 1.40. The number of halogens is 1. The molecule has 2 atom stereocenters. The first kappa shape index (κ1) is 77.2. The van der Waals surface area contributed by atoms with Crippen molar-refractivity contribution in [1.82, 2.24) is 24.6 Å². The fourth-order valence-electron chi connectivity index (χ4n) is 14.0. The SMILES string of the molecule is CC(C)(C(=O)O)c1ccc(C(O)CCCN2CCC(C(O)(c3ccccc3)c3ccccc3)CC2)cc1.CC(CN1c2ccccc2Sc2ccccc21)N(C)C.CCOC(=O)N1CCC(=C2c3ccc(Cl)cc3CCc3cccnc32)CC1.CN(C)CCOC(c1ccccc1)c1ccccc1. The monoisotopic (exact) mass is 1420 g/mol. The number of carbonyl (C=O) groups excluding carboxylic acids is 1. The Morgan fingerprint density at radius 1 is 0.650 bits per heavy atom. The van der Waals surface area contributed by atoms with Gasteiger partial charge in [-0.05, 0) is 225 Å². The largest absolute Gasteiger partial charge is 0.481 e. The summed E-state index contributed by atoms with van der Waals surface area (Å²) in [5, 5.41) is 32.9. The number of hydrogen-bond donors (Lipinski definition) is 3. The number of hydrogen-bond acceptors (Lipinski definition) is 12. The third-order valence-electron chi connectivity index (χ3n) is 20.4. The minimum atomic E-state index is -1.01. The maximum Gasteiger partial charge on any atom is 0.409 e. The van der Waals surface area contributed by atoms with Crippen LogP contribution in [0.5, 0.6) is 0 Å². The van der Waals surface area contributed by atoms with Crippen LogP contribution in [0, 0.1) is 5.92 Å². The Morgan fingerprint density at radius 3 is 1.74 bits per heavy atom. The summed E-state index contributed by atoms with van der Waals surface area (Å²) in [7, 11) is 8.40. The van der Waals surface area contributed by atoms with Crippen LogP contribution in [-0.2, 0) is 38.1 Å². The summed E-state index contributed by atoms with van der Waals surface area (Å²) >= 11 is 8.14. The van der Waals surface area contributed by atoms with Crippen molar-refractivity contribution in [3.05, 3.63) is 297 Å². The van der Waals surface area contributed by atoms with E-state index in [0.29, 0.717) is 32.2 Å². The van der Waals surface area contributed by atoms with Gasteiger partial charge in [0.1, 0.15) is 11.7 Å². The third kappa shape index (κ3) is 20.1. The Balaban J connectivity index is 0.000000153. The lowest BCUT2D eigenvalue weighted by atomic mass is 9.72. The number of fused-ring (bicyclic) bond motifs is 4. The van der Waals surface area contributed by atoms with Crippen molar-refractivity contribution in [3.63, 3.8) is 0 Å². The lowest BCUT2D eigenvalue weighted by Gasteiger charge is -2.42. The average molecular weight is 1420 g/mol. The molecule has 4 heterocycles. The van der Waals surface area contributed by atoms with E-state index >= 15 is 0 Å². The number of benzene rings is 8. The number of para-hydroxylation sites is 2. The van der Waals surface area contributed by atoms with Crippen LogP contribution in [0.1, 0.15) is 134 Å². The number of likely N-dealkylation sites (tertiary alicyclic amines) is 2. The van der Waals surface area contributed by atoms with Crippen molar-refractivity contribution in [3.8, 4) is 0 Å². The highest BCUT2D eigenvalue weighted by Gasteiger charge is 2.42. The highest BCUT2D eigenvalue weighted by molar-refractivity contribution is 7.99. The van der Waals surface area contributed by atoms with Crippen LogP contribution in [0.2, 0.25) is 5.02 Å². The zero-order valence-electron chi connectivity index (χ0n) is 61.2. The summed E-state index contributed by atoms with van der Waals surface area (Å²) in [6.45, 7) is 14.7. The second kappa shape index (κ2) is 37.3. The lowest BCUT2D eigenvalue weighted by molar-refractivity contribution is -0.142. The van der Waals surface area contributed by atoms with Gasteiger partial charge in [-0.2, -0.15) is 0 Å². The molecule has 2 saturated heterocycles. The van der Waals surface area contributed by atoms with Gasteiger partial charge in [0.2, 0.25) is 0 Å². The molecule has 2 fully saturated rings. The molecule has 0 bridgehead atoms. The number of piperidine rings is 2. The highest BCUT2D eigenvalue weighted by Crippen LogP contribution is 2.48. The molecule has 3 N–H and O–H groups in total. The van der Waals surface area contributed by atoms with Gasteiger partial charge in [0, 0.05) is 58.8 Å². The molecule has 1 aliphatic carbocycles. The molecular formula is C88H103ClN6O7S. The molecule has 13 nitrogen and oxygen atoms in total. The molecule has 15 heteroatoms. The van der Waals surface area contributed by atoms with E-state index in [1.54, 1.807) is 30.9 Å². The van der Waals surface area contributed by atoms with Gasteiger partial charge in [0.15, 0.2) is 0 Å². The zero-order valence-corrected chi connectivity index (χ0v) is 62.8. The van der Waals surface area contributed by atoms with Crippen LogP contribution in [0.4, 0.5) is 16.2 Å². The molecular weight excluding hydrogens is 1320 g/mol. The number of anilines is 2. The van der Waals surface area contributed by atoms with Crippen LogP contribution in [-0.4, -0.2) is 145 Å². The molecule has 4 aliphatic rings. The first-order valence-corrected chi connectivity index (χ1v) is 37.6. The molecule has 540 valence electrons. The first-order chi connectivity index (χ1) is 49.8. The van der Waals surface area contributed by atoms with Gasteiger partial charge in [-0.1, -0.05) is 211 Å². The van der Waals surface area contributed by atoms with Gasteiger partial charge in [-0.3, -0.25) is 9.78 Å². The molecule has 0 spiro atoms. The third-order valence-corrected chi connectivity index (χ3v) is 21.7. The van der Waals surface area contributed by atoms with E-state index in [1.807, 2.05) is 122 Å². The smallest absolute Gasteiger partial charge is 0.409 e. The van der Waals surface area contributed by atoms with Gasteiger partial charge in [-0.25, -0.2) is 4.79 Å². The Bertz CT molecular complexity index is 4040. The quantitative estimate of drug-likeness (QED) is 0.0667. The molecule has 9 aromatic rings. The Hall–Kier alpha value is -8.41. The summed E-state index contributed by atoms with van der Waals surface area (Å²) in [6, 6.07) is 76.3. The minimum Gasteiger partial charge on any atom is -0.481 e. The molecule has 8 aromatic carbocycles. The van der Waals surface area contributed by atoms with E-state index in [0.717, 1.165) is 117 Å². The number of aryl methyl sites for hydroxylation is 2. The van der Waals surface area contributed by atoms with Gasteiger partial charge in [0.05, 0.1) is 41.8 Å². The summed E-state index contributed by atoms with van der Waals surface area (Å²) in [6.07, 6.45) is 8.04. The van der Waals surface area contributed by atoms with Gasteiger partial charge >= 0.3 is 12.1 Å². The second-order valence-electron chi connectivity index (χ2n) is 28.1. The molecule has 3 aliphatic heterocycles. The number of carboxylic acids is 1. The Kier molecular flexibility index (Phi) is 28.0. The molecule has 0 saturated carbocycles. The van der Waals surface area contributed by atoms with E-state index in [4.69, 9.17) is 26.1 Å². The van der Waals surface area contributed by atoms with Crippen molar-refractivity contribution in [2.75, 3.05) is 92.1 Å². The van der Waals surface area contributed by atoms with Crippen molar-refractivity contribution in [2.24, 2.45) is 5.92 Å². The maximum atomic E-state index is 12.1. The summed E-state index contributed by atoms with van der Waals surface area (Å²) < 4.78 is 11.2. The first-order valence-electron chi connectivity index (χ1n) is 36.4. The van der Waals surface area contributed by atoms with E-state index in [1.165, 1.54) is 60.1 Å². The minimum absolute atomic E-state index is 0.0161. The zero-order chi connectivity index (χ0) is 72.9. The number of aliphatic hydroxyl groups excluding tert-OH is 1. The summed E-state index contributed by atoms with van der Waals surface area (Å²) in [4.78, 5) is 42.0. The number of amides is 1. The number of aromatic nitrogens is 1. The molecule has 13 rings (SSSR count). The number of pyridine rings is 1. The Morgan fingerprint density at radius 2 is 1.19 bits per heavy atom. The van der Waals surface area contributed by atoms with E-state index in [-0.39, 0.29) is 18.1 Å². The lowest BCUT2D eigenvalue weighted by Crippen LogP contribution is -2.44. The summed E-state index contributed by atoms with van der Waals surface area (Å²) in [5.74, 6) is -0.733. The van der Waals surface area contributed by atoms with Crippen molar-refractivity contribution < 1.29 is 34.4 Å². The predicted molar refractivity (Wildman–Crippen MR) is 420 cm³/mol. The van der Waals surface area contributed by atoms with Crippen LogP contribution >= 0.6 is 23.4 Å². The van der Waals surface area contributed by atoms with Crippen molar-refractivity contribution >= 4 is 52.4 Å². The standard InChI is InChI=1S/C32H39NO4.C22H23ClN2O2.C17H20N2S.C17H21NO/c1-31(2,30(35)36)25-17-15-24(16-18-25)29(34)14-9-21-33-22-19-28(20-23-33)32(37,26-10-5-3-6-11-26)27-12-7-4-8-13-27;1-2-27-22(26)25-12-9-15(10-13-25)20-19-8-7-18(23)14-17(19)6-5-16-4-3-11-24-21(16)20;1-13(18(2)3)12-19-14-8-4-6-10-16(14)20-17-11-7-5-9-15(17)19;1-18(2)13-14-19-17(15-9-5-3-6-10-15)16-11-7-4-8-12-16/h3-8,10-13,15-18,28-29,34,37H,9,14,19-23H2,1-2H3,(H,35,36);3-4,7-8,11,14H,2,5-6,9-10,12-13H2,1H3;4-11,13H,12H2,1-3H3;3-12,17H,13-14H2,1-2H3. The fourth-order valence-corrected chi connectivity index (χ4v) is 15.3. The van der Waals surface area contributed by atoms with Gasteiger partial charge in [0.25, 0.3) is 0 Å².